The van der Waals surface area contributed by atoms with Crippen LogP contribution in [0.4, 0.5) is 4.39 Å². The number of aromatic amines is 1. The standard InChI is InChI=1S/C10H13FN2O4.H3O4P/c1-5-3-13(10(16)12-9(5)15)8-2-6(11)7(4-14)17-8;1-5(2,3)4/h3,6-8,14H,2,4H2,1H3,(H,12,15,16);(H3,1,2,3,4)/t6?,7-,8-;/m1./s1. The number of rotatable bonds is 2. The van der Waals surface area contributed by atoms with Gasteiger partial charge in [-0.1, -0.05) is 0 Å². The SMILES string of the molecule is Cc1cn([C@H]2CC(F)[C@@H](CO)O2)c(=O)[nH]c1=O.O=P(O)(O)O. The topological polar surface area (TPSA) is 162 Å². The first-order valence-electron chi connectivity index (χ1n) is 6.03. The van der Waals surface area contributed by atoms with Gasteiger partial charge in [0.2, 0.25) is 0 Å². The molecule has 126 valence electrons. The average Bonchev–Trinajstić information content (AvgIpc) is 2.73. The van der Waals surface area contributed by atoms with Crippen LogP contribution in [0, 0.1) is 6.92 Å². The van der Waals surface area contributed by atoms with E-state index >= 15 is 0 Å². The number of aliphatic hydroxyl groups excluding tert-OH is 1. The van der Waals surface area contributed by atoms with E-state index in [0.717, 1.165) is 4.57 Å². The third-order valence-electron chi connectivity index (χ3n) is 2.80. The maximum absolute atomic E-state index is 13.4. The number of hydrogen-bond donors (Lipinski definition) is 5. The highest BCUT2D eigenvalue weighted by molar-refractivity contribution is 7.45. The van der Waals surface area contributed by atoms with Gasteiger partial charge in [0, 0.05) is 18.2 Å². The van der Waals surface area contributed by atoms with Crippen molar-refractivity contribution in [2.45, 2.75) is 31.8 Å². The Bertz CT molecular complexity index is 659. The molecule has 2 heterocycles. The lowest BCUT2D eigenvalue weighted by atomic mass is 10.2. The number of phosphoric acid groups is 1. The van der Waals surface area contributed by atoms with Crippen LogP contribution in [-0.2, 0) is 9.30 Å². The first-order chi connectivity index (χ1) is 10.0. The molecular weight excluding hydrogens is 326 g/mol. The van der Waals surface area contributed by atoms with E-state index in [1.807, 2.05) is 0 Å². The minimum Gasteiger partial charge on any atom is -0.394 e. The van der Waals surface area contributed by atoms with Crippen molar-refractivity contribution in [2.24, 2.45) is 0 Å². The smallest absolute Gasteiger partial charge is 0.394 e. The Hall–Kier alpha value is -1.36. The molecule has 1 aromatic rings. The molecule has 5 N–H and O–H groups in total. The summed E-state index contributed by atoms with van der Waals surface area (Å²) in [6.45, 7) is 1.11. The first kappa shape index (κ1) is 18.7. The van der Waals surface area contributed by atoms with Gasteiger partial charge >= 0.3 is 13.5 Å². The van der Waals surface area contributed by atoms with Crippen LogP contribution in [0.2, 0.25) is 0 Å². The minimum absolute atomic E-state index is 0.0172. The van der Waals surface area contributed by atoms with Crippen molar-refractivity contribution in [2.75, 3.05) is 6.61 Å². The zero-order chi connectivity index (χ0) is 17.1. The molecule has 0 amide bonds. The first-order valence-corrected chi connectivity index (χ1v) is 7.60. The quantitative estimate of drug-likeness (QED) is 0.407. The van der Waals surface area contributed by atoms with Crippen LogP contribution in [0.15, 0.2) is 15.8 Å². The zero-order valence-corrected chi connectivity index (χ0v) is 12.3. The summed E-state index contributed by atoms with van der Waals surface area (Å²) in [5, 5.41) is 8.86. The van der Waals surface area contributed by atoms with Crippen LogP contribution >= 0.6 is 7.82 Å². The molecular formula is C10H16FN2O8P. The lowest BCUT2D eigenvalue weighted by molar-refractivity contribution is -0.0356. The van der Waals surface area contributed by atoms with Gasteiger partial charge in [-0.15, -0.1) is 0 Å². The lowest BCUT2D eigenvalue weighted by Crippen LogP contribution is -2.33. The van der Waals surface area contributed by atoms with Crippen LogP contribution in [0.25, 0.3) is 0 Å². The Morgan fingerprint density at radius 2 is 2.00 bits per heavy atom. The number of H-pyrrole nitrogens is 1. The van der Waals surface area contributed by atoms with Crippen LogP contribution in [0.3, 0.4) is 0 Å². The maximum Gasteiger partial charge on any atom is 0.466 e. The summed E-state index contributed by atoms with van der Waals surface area (Å²) in [4.78, 5) is 46.4. The fourth-order valence-corrected chi connectivity index (χ4v) is 1.82. The van der Waals surface area contributed by atoms with Crippen LogP contribution in [0.5, 0.6) is 0 Å². The van der Waals surface area contributed by atoms with Crippen LogP contribution in [0.1, 0.15) is 18.2 Å². The molecule has 0 spiro atoms. The Balaban J connectivity index is 0.000000422. The number of alkyl halides is 1. The van der Waals surface area contributed by atoms with Gasteiger partial charge in [-0.3, -0.25) is 14.3 Å². The van der Waals surface area contributed by atoms with Gasteiger partial charge in [0.15, 0.2) is 0 Å². The van der Waals surface area contributed by atoms with Crippen molar-refractivity contribution in [3.63, 3.8) is 0 Å². The summed E-state index contributed by atoms with van der Waals surface area (Å²) in [7, 11) is -4.64. The van der Waals surface area contributed by atoms with Crippen molar-refractivity contribution in [3.8, 4) is 0 Å². The number of aliphatic hydroxyl groups is 1. The average molecular weight is 342 g/mol. The normalized spacial score (nSPS) is 24.7. The molecule has 1 saturated heterocycles. The molecule has 1 unspecified atom stereocenters. The largest absolute Gasteiger partial charge is 0.466 e. The molecule has 0 aromatic carbocycles. The molecule has 1 aromatic heterocycles. The highest BCUT2D eigenvalue weighted by Gasteiger charge is 2.36. The molecule has 2 rings (SSSR count). The second-order valence-electron chi connectivity index (χ2n) is 4.56. The van der Waals surface area contributed by atoms with Crippen molar-refractivity contribution >= 4 is 7.82 Å². The van der Waals surface area contributed by atoms with Gasteiger partial charge in [0.25, 0.3) is 5.56 Å². The Kier molecular flexibility index (Phi) is 6.17. The summed E-state index contributed by atoms with van der Waals surface area (Å²) >= 11 is 0. The molecule has 12 heteroatoms. The van der Waals surface area contributed by atoms with Gasteiger partial charge < -0.3 is 24.5 Å². The highest BCUT2D eigenvalue weighted by Crippen LogP contribution is 2.29. The van der Waals surface area contributed by atoms with Crippen molar-refractivity contribution in [1.82, 2.24) is 9.55 Å². The molecule has 1 fully saturated rings. The summed E-state index contributed by atoms with van der Waals surface area (Å²) in [5.41, 5.74) is -0.771. The predicted octanol–water partition coefficient (Wildman–Crippen LogP) is -1.47. The fraction of sp³-hybridized carbons (Fsp3) is 0.600. The van der Waals surface area contributed by atoms with E-state index in [-0.39, 0.29) is 6.42 Å². The third kappa shape index (κ3) is 5.44. The van der Waals surface area contributed by atoms with Gasteiger partial charge in [0.1, 0.15) is 18.5 Å². The summed E-state index contributed by atoms with van der Waals surface area (Å²) in [6, 6.07) is 0. The Morgan fingerprint density at radius 3 is 2.45 bits per heavy atom. The predicted molar refractivity (Wildman–Crippen MR) is 70.8 cm³/mol. The third-order valence-corrected chi connectivity index (χ3v) is 2.80. The van der Waals surface area contributed by atoms with E-state index < -0.39 is 44.2 Å². The molecule has 1 aliphatic rings. The van der Waals surface area contributed by atoms with Gasteiger partial charge in [-0.2, -0.15) is 0 Å². The minimum atomic E-state index is -4.64. The molecule has 3 atom stereocenters. The Labute approximate surface area is 123 Å². The molecule has 0 saturated carbocycles. The van der Waals surface area contributed by atoms with E-state index in [4.69, 9.17) is 29.1 Å². The summed E-state index contributed by atoms with van der Waals surface area (Å²) in [5.74, 6) is 0. The van der Waals surface area contributed by atoms with Gasteiger partial charge in [-0.25, -0.2) is 13.8 Å². The maximum atomic E-state index is 13.4. The number of nitrogens with one attached hydrogen (secondary N) is 1. The Morgan fingerprint density at radius 1 is 1.45 bits per heavy atom. The van der Waals surface area contributed by atoms with Crippen LogP contribution in [-0.4, -0.2) is 48.2 Å². The molecule has 1 aliphatic heterocycles. The monoisotopic (exact) mass is 342 g/mol. The zero-order valence-electron chi connectivity index (χ0n) is 11.4. The molecule has 22 heavy (non-hydrogen) atoms. The number of halogens is 1. The molecule has 0 bridgehead atoms. The number of aromatic nitrogens is 2. The van der Waals surface area contributed by atoms with E-state index in [1.54, 1.807) is 6.92 Å². The summed E-state index contributed by atoms with van der Waals surface area (Å²) < 4.78 is 28.6. The van der Waals surface area contributed by atoms with E-state index in [1.165, 1.54) is 6.20 Å². The van der Waals surface area contributed by atoms with Gasteiger partial charge in [0.05, 0.1) is 6.61 Å². The van der Waals surface area contributed by atoms with Crippen molar-refractivity contribution < 1.29 is 33.5 Å². The molecule has 10 nitrogen and oxygen atoms in total. The number of aryl methyl sites for hydroxylation is 1. The number of hydrogen-bond acceptors (Lipinski definition) is 5. The highest BCUT2D eigenvalue weighted by atomic mass is 31.2. The number of nitrogens with zero attached hydrogens (tertiary/aromatic N) is 1. The second kappa shape index (κ2) is 7.27. The number of ether oxygens (including phenoxy) is 1. The van der Waals surface area contributed by atoms with E-state index in [9.17, 15) is 14.0 Å². The van der Waals surface area contributed by atoms with E-state index in [0.29, 0.717) is 5.56 Å². The second-order valence-corrected chi connectivity index (χ2v) is 5.58. The van der Waals surface area contributed by atoms with Crippen molar-refractivity contribution in [3.05, 3.63) is 32.6 Å². The lowest BCUT2D eigenvalue weighted by Gasteiger charge is -2.14. The fourth-order valence-electron chi connectivity index (χ4n) is 1.82. The molecule has 0 radical (unpaired) electrons. The van der Waals surface area contributed by atoms with Crippen molar-refractivity contribution in [1.29, 1.82) is 0 Å². The van der Waals surface area contributed by atoms with E-state index in [2.05, 4.69) is 4.98 Å². The van der Waals surface area contributed by atoms with Crippen LogP contribution < -0.4 is 11.2 Å². The molecule has 0 aliphatic carbocycles. The summed E-state index contributed by atoms with van der Waals surface area (Å²) in [6.07, 6.45) is -1.71. The van der Waals surface area contributed by atoms with Gasteiger partial charge in [-0.05, 0) is 6.92 Å².